The molecule has 1 aliphatic carbocycles. The molecular weight excluding hydrogens is 438 g/mol. The number of carbonyl (C=O) groups excluding carboxylic acids is 2. The molecule has 35 heavy (non-hydrogen) atoms. The highest BCUT2D eigenvalue weighted by Crippen LogP contribution is 2.45. The molecule has 0 aliphatic heterocycles. The van der Waals surface area contributed by atoms with Gasteiger partial charge in [-0.15, -0.1) is 0 Å². The molecule has 0 spiro atoms. The van der Waals surface area contributed by atoms with E-state index in [4.69, 9.17) is 5.73 Å². The van der Waals surface area contributed by atoms with Crippen molar-refractivity contribution in [1.82, 2.24) is 10.6 Å². The summed E-state index contributed by atoms with van der Waals surface area (Å²) in [6.07, 6.45) is 1.11. The van der Waals surface area contributed by atoms with Crippen molar-refractivity contribution in [3.05, 3.63) is 88.5 Å². The van der Waals surface area contributed by atoms with Crippen LogP contribution in [0.1, 0.15) is 47.1 Å². The fourth-order valence-electron chi connectivity index (χ4n) is 5.05. The van der Waals surface area contributed by atoms with Crippen LogP contribution in [0.4, 0.5) is 0 Å². The summed E-state index contributed by atoms with van der Waals surface area (Å²) in [6, 6.07) is 18.7. The molecular formula is C29H33N3O3. The molecule has 0 radical (unpaired) electrons. The highest BCUT2D eigenvalue weighted by molar-refractivity contribution is 5.89. The maximum absolute atomic E-state index is 12.7. The molecule has 5 N–H and O–H groups in total. The minimum atomic E-state index is -0.793. The number of nitrogens with two attached hydrogens (primary N) is 1. The zero-order valence-corrected chi connectivity index (χ0v) is 20.5. The van der Waals surface area contributed by atoms with Crippen LogP contribution in [0.3, 0.4) is 0 Å². The molecule has 2 amide bonds. The van der Waals surface area contributed by atoms with E-state index < -0.39 is 12.1 Å². The first kappa shape index (κ1) is 24.5. The second-order valence-corrected chi connectivity index (χ2v) is 9.41. The summed E-state index contributed by atoms with van der Waals surface area (Å²) in [5, 5.41) is 15.4. The first-order valence-electron chi connectivity index (χ1n) is 12.1. The van der Waals surface area contributed by atoms with Gasteiger partial charge in [0.15, 0.2) is 0 Å². The molecule has 2 atom stereocenters. The SMILES string of the molecule is Cc1cc(O)cc(C)c1CC(N)C(=O)N[C@H](C)C(=O)NCCC1c2ccccc2-c2ccccc21. The fraction of sp³-hybridized carbons (Fsp3) is 0.310. The Morgan fingerprint density at radius 1 is 0.943 bits per heavy atom. The summed E-state index contributed by atoms with van der Waals surface area (Å²) in [4.78, 5) is 25.3. The lowest BCUT2D eigenvalue weighted by molar-refractivity contribution is -0.129. The number of benzene rings is 3. The van der Waals surface area contributed by atoms with Gasteiger partial charge in [0, 0.05) is 12.5 Å². The van der Waals surface area contributed by atoms with Crippen LogP contribution in [0.5, 0.6) is 5.75 Å². The molecule has 3 aromatic rings. The molecule has 6 heteroatoms. The Morgan fingerprint density at radius 3 is 2.06 bits per heavy atom. The minimum absolute atomic E-state index is 0.191. The molecule has 1 aliphatic rings. The van der Waals surface area contributed by atoms with E-state index in [0.29, 0.717) is 13.0 Å². The topological polar surface area (TPSA) is 104 Å². The van der Waals surface area contributed by atoms with E-state index >= 15 is 0 Å². The van der Waals surface area contributed by atoms with Crippen LogP contribution in [0.25, 0.3) is 11.1 Å². The normalized spacial score (nSPS) is 14.1. The van der Waals surface area contributed by atoms with Gasteiger partial charge in [0.1, 0.15) is 11.8 Å². The van der Waals surface area contributed by atoms with E-state index in [1.807, 2.05) is 13.8 Å². The van der Waals surface area contributed by atoms with Gasteiger partial charge in [-0.25, -0.2) is 0 Å². The van der Waals surface area contributed by atoms with Crippen molar-refractivity contribution in [2.75, 3.05) is 6.54 Å². The maximum atomic E-state index is 12.7. The smallest absolute Gasteiger partial charge is 0.242 e. The highest BCUT2D eigenvalue weighted by Gasteiger charge is 2.28. The lowest BCUT2D eigenvalue weighted by Crippen LogP contribution is -2.51. The number of phenols is 1. The summed E-state index contributed by atoms with van der Waals surface area (Å²) >= 11 is 0. The van der Waals surface area contributed by atoms with Crippen molar-refractivity contribution in [2.24, 2.45) is 5.73 Å². The number of hydrogen-bond donors (Lipinski definition) is 4. The first-order chi connectivity index (χ1) is 16.8. The molecule has 1 unspecified atom stereocenters. The van der Waals surface area contributed by atoms with Gasteiger partial charge in [0.05, 0.1) is 6.04 Å². The van der Waals surface area contributed by atoms with Gasteiger partial charge in [-0.2, -0.15) is 0 Å². The van der Waals surface area contributed by atoms with Gasteiger partial charge in [0.25, 0.3) is 0 Å². The lowest BCUT2D eigenvalue weighted by Gasteiger charge is -2.20. The van der Waals surface area contributed by atoms with E-state index in [-0.39, 0.29) is 23.5 Å². The van der Waals surface area contributed by atoms with Crippen LogP contribution in [0.15, 0.2) is 60.7 Å². The van der Waals surface area contributed by atoms with Gasteiger partial charge in [-0.3, -0.25) is 9.59 Å². The number of aromatic hydroxyl groups is 1. The van der Waals surface area contributed by atoms with E-state index in [1.165, 1.54) is 22.3 Å². The zero-order valence-electron chi connectivity index (χ0n) is 20.5. The average molecular weight is 472 g/mol. The number of nitrogens with one attached hydrogen (secondary N) is 2. The van der Waals surface area contributed by atoms with Gasteiger partial charge in [0.2, 0.25) is 11.8 Å². The quantitative estimate of drug-likeness (QED) is 0.402. The predicted octanol–water partition coefficient (Wildman–Crippen LogP) is 3.70. The van der Waals surface area contributed by atoms with Crippen molar-refractivity contribution < 1.29 is 14.7 Å². The van der Waals surface area contributed by atoms with Gasteiger partial charge < -0.3 is 21.5 Å². The number of phenolic OH excluding ortho intramolecular Hbond substituents is 1. The fourth-order valence-corrected chi connectivity index (χ4v) is 5.05. The Hall–Kier alpha value is -3.64. The monoisotopic (exact) mass is 471 g/mol. The third kappa shape index (κ3) is 5.23. The molecule has 0 saturated carbocycles. The summed E-state index contributed by atoms with van der Waals surface area (Å²) in [6.45, 7) is 5.93. The van der Waals surface area contributed by atoms with Crippen LogP contribution in [0.2, 0.25) is 0 Å². The second-order valence-electron chi connectivity index (χ2n) is 9.41. The minimum Gasteiger partial charge on any atom is -0.508 e. The van der Waals surface area contributed by atoms with E-state index in [1.54, 1.807) is 19.1 Å². The van der Waals surface area contributed by atoms with Gasteiger partial charge in [-0.1, -0.05) is 48.5 Å². The number of rotatable bonds is 8. The lowest BCUT2D eigenvalue weighted by atomic mass is 9.93. The summed E-state index contributed by atoms with van der Waals surface area (Å²) in [5.41, 5.74) is 13.9. The Labute approximate surface area is 206 Å². The van der Waals surface area contributed by atoms with Crippen molar-refractivity contribution in [3.8, 4) is 16.9 Å². The third-order valence-corrected chi connectivity index (χ3v) is 6.89. The van der Waals surface area contributed by atoms with Crippen molar-refractivity contribution in [3.63, 3.8) is 0 Å². The summed E-state index contributed by atoms with van der Waals surface area (Å²) in [5.74, 6) is -0.185. The number of aryl methyl sites for hydroxylation is 2. The first-order valence-corrected chi connectivity index (χ1v) is 12.1. The van der Waals surface area contributed by atoms with Crippen molar-refractivity contribution >= 4 is 11.8 Å². The highest BCUT2D eigenvalue weighted by atomic mass is 16.3. The standard InChI is InChI=1S/C29H33N3O3/c1-17-14-20(33)15-18(2)26(17)16-27(30)29(35)32-19(3)28(34)31-13-12-25-23-10-6-4-8-21(23)22-9-5-7-11-24(22)25/h4-11,14-15,19,25,27,33H,12-13,16,30H2,1-3H3,(H,31,34)(H,32,35)/t19-,27?/m1/s1. The zero-order chi connectivity index (χ0) is 25.1. The Balaban J connectivity index is 1.30. The Bertz CT molecular complexity index is 1180. The average Bonchev–Trinajstić information content (AvgIpc) is 3.15. The number of fused-ring (bicyclic) bond motifs is 3. The predicted molar refractivity (Wildman–Crippen MR) is 138 cm³/mol. The molecule has 4 rings (SSSR count). The van der Waals surface area contributed by atoms with Crippen LogP contribution in [-0.2, 0) is 16.0 Å². The number of amides is 2. The van der Waals surface area contributed by atoms with E-state index in [2.05, 4.69) is 59.2 Å². The van der Waals surface area contributed by atoms with Crippen molar-refractivity contribution in [1.29, 1.82) is 0 Å². The molecule has 0 fully saturated rings. The van der Waals surface area contributed by atoms with Crippen LogP contribution < -0.4 is 16.4 Å². The Morgan fingerprint density at radius 2 is 1.49 bits per heavy atom. The number of hydrogen-bond acceptors (Lipinski definition) is 4. The van der Waals surface area contributed by atoms with E-state index in [0.717, 1.165) is 23.1 Å². The van der Waals surface area contributed by atoms with Gasteiger partial charge >= 0.3 is 0 Å². The number of carbonyl (C=O) groups is 2. The molecule has 182 valence electrons. The summed E-state index contributed by atoms with van der Waals surface area (Å²) < 4.78 is 0. The molecule has 0 bridgehead atoms. The third-order valence-electron chi connectivity index (χ3n) is 6.89. The van der Waals surface area contributed by atoms with Crippen molar-refractivity contribution in [2.45, 2.75) is 51.6 Å². The molecule has 6 nitrogen and oxygen atoms in total. The second kappa shape index (κ2) is 10.3. The van der Waals surface area contributed by atoms with Crippen LogP contribution in [-0.4, -0.2) is 35.5 Å². The maximum Gasteiger partial charge on any atom is 0.242 e. The Kier molecular flexibility index (Phi) is 7.22. The van der Waals surface area contributed by atoms with Crippen LogP contribution in [0, 0.1) is 13.8 Å². The van der Waals surface area contributed by atoms with Gasteiger partial charge in [-0.05, 0) is 84.7 Å². The molecule has 0 aromatic heterocycles. The molecule has 0 saturated heterocycles. The molecule has 0 heterocycles. The largest absolute Gasteiger partial charge is 0.508 e. The van der Waals surface area contributed by atoms with Crippen LogP contribution >= 0.6 is 0 Å². The van der Waals surface area contributed by atoms with E-state index in [9.17, 15) is 14.7 Å². The summed E-state index contributed by atoms with van der Waals surface area (Å²) in [7, 11) is 0. The molecule has 3 aromatic carbocycles.